The van der Waals surface area contributed by atoms with Crippen LogP contribution in [0.2, 0.25) is 0 Å². The molecular formula is C14H23N3O3. The molecule has 20 heavy (non-hydrogen) atoms. The van der Waals surface area contributed by atoms with E-state index in [2.05, 4.69) is 10.1 Å². The van der Waals surface area contributed by atoms with Crippen LogP contribution in [0.25, 0.3) is 0 Å². The molecule has 112 valence electrons. The van der Waals surface area contributed by atoms with Gasteiger partial charge in [0, 0.05) is 31.3 Å². The highest BCUT2D eigenvalue weighted by atomic mass is 16.5. The van der Waals surface area contributed by atoms with Gasteiger partial charge in [0.1, 0.15) is 0 Å². The van der Waals surface area contributed by atoms with Gasteiger partial charge >= 0.3 is 0 Å². The van der Waals surface area contributed by atoms with Crippen molar-refractivity contribution >= 4 is 5.91 Å². The van der Waals surface area contributed by atoms with Crippen LogP contribution in [0.5, 0.6) is 0 Å². The minimum absolute atomic E-state index is 0.00655. The monoisotopic (exact) mass is 281 g/mol. The third-order valence-electron chi connectivity index (χ3n) is 3.38. The smallest absolute Gasteiger partial charge is 0.227 e. The Kier molecular flexibility index (Phi) is 4.75. The van der Waals surface area contributed by atoms with E-state index < -0.39 is 6.10 Å². The summed E-state index contributed by atoms with van der Waals surface area (Å²) in [6, 6.07) is 0.0711. The first-order chi connectivity index (χ1) is 9.47. The molecule has 1 unspecified atom stereocenters. The van der Waals surface area contributed by atoms with Crippen LogP contribution in [0.1, 0.15) is 57.7 Å². The van der Waals surface area contributed by atoms with Crippen molar-refractivity contribution in [1.29, 1.82) is 0 Å². The lowest BCUT2D eigenvalue weighted by Crippen LogP contribution is -2.41. The predicted molar refractivity (Wildman–Crippen MR) is 73.1 cm³/mol. The minimum atomic E-state index is -0.522. The standard InChI is InChI=1S/C14H23N3O3/c1-9(2)17(8-10(3)18)13(19)7-6-12-15-14(16-20-12)11-4-5-11/h9-11,18H,4-8H2,1-3H3. The zero-order valence-electron chi connectivity index (χ0n) is 12.4. The molecule has 1 heterocycles. The number of aliphatic hydroxyl groups is 1. The van der Waals surface area contributed by atoms with E-state index in [1.54, 1.807) is 11.8 Å². The highest BCUT2D eigenvalue weighted by molar-refractivity contribution is 5.76. The SMILES string of the molecule is CC(O)CN(C(=O)CCc1nc(C2CC2)no1)C(C)C. The average molecular weight is 281 g/mol. The van der Waals surface area contributed by atoms with Gasteiger partial charge in [-0.1, -0.05) is 5.16 Å². The molecule has 1 aromatic rings. The normalized spacial score (nSPS) is 16.4. The number of rotatable bonds is 7. The molecule has 0 aromatic carbocycles. The molecule has 1 aromatic heterocycles. The van der Waals surface area contributed by atoms with E-state index in [-0.39, 0.29) is 11.9 Å². The third-order valence-corrected chi connectivity index (χ3v) is 3.38. The van der Waals surface area contributed by atoms with Crippen molar-refractivity contribution < 1.29 is 14.4 Å². The molecule has 1 aliphatic carbocycles. The fourth-order valence-electron chi connectivity index (χ4n) is 2.12. The molecule has 1 fully saturated rings. The van der Waals surface area contributed by atoms with Crippen LogP contribution < -0.4 is 0 Å². The van der Waals surface area contributed by atoms with Crippen molar-refractivity contribution in [2.45, 2.75) is 64.5 Å². The van der Waals surface area contributed by atoms with Crippen LogP contribution in [-0.4, -0.2) is 44.7 Å². The maximum absolute atomic E-state index is 12.2. The van der Waals surface area contributed by atoms with Gasteiger partial charge in [0.2, 0.25) is 11.8 Å². The second-order valence-electron chi connectivity index (χ2n) is 5.81. The Bertz CT molecular complexity index is 452. The lowest BCUT2D eigenvalue weighted by Gasteiger charge is -2.27. The molecule has 2 rings (SSSR count). The topological polar surface area (TPSA) is 79.5 Å². The summed E-state index contributed by atoms with van der Waals surface area (Å²) in [5.74, 6) is 1.77. The first kappa shape index (κ1) is 15.0. The lowest BCUT2D eigenvalue weighted by molar-refractivity contribution is -0.134. The number of aliphatic hydroxyl groups excluding tert-OH is 1. The van der Waals surface area contributed by atoms with Crippen molar-refractivity contribution in [2.24, 2.45) is 0 Å². The maximum atomic E-state index is 12.2. The van der Waals surface area contributed by atoms with Crippen molar-refractivity contribution in [3.05, 3.63) is 11.7 Å². The molecule has 0 aliphatic heterocycles. The fraction of sp³-hybridized carbons (Fsp3) is 0.786. The van der Waals surface area contributed by atoms with E-state index in [9.17, 15) is 9.90 Å². The second kappa shape index (κ2) is 6.35. The van der Waals surface area contributed by atoms with Gasteiger partial charge in [-0.3, -0.25) is 4.79 Å². The summed E-state index contributed by atoms with van der Waals surface area (Å²) in [7, 11) is 0. The Hall–Kier alpha value is -1.43. The lowest BCUT2D eigenvalue weighted by atomic mass is 10.2. The van der Waals surface area contributed by atoms with Gasteiger partial charge < -0.3 is 14.5 Å². The Morgan fingerprint density at radius 3 is 2.70 bits per heavy atom. The van der Waals surface area contributed by atoms with E-state index >= 15 is 0 Å². The summed E-state index contributed by atoms with van der Waals surface area (Å²) < 4.78 is 5.16. The van der Waals surface area contributed by atoms with Crippen LogP contribution in [-0.2, 0) is 11.2 Å². The van der Waals surface area contributed by atoms with Crippen molar-refractivity contribution in [3.8, 4) is 0 Å². The minimum Gasteiger partial charge on any atom is -0.392 e. The van der Waals surface area contributed by atoms with Gasteiger partial charge in [0.25, 0.3) is 0 Å². The molecule has 6 heteroatoms. The largest absolute Gasteiger partial charge is 0.392 e. The number of aromatic nitrogens is 2. The molecule has 6 nitrogen and oxygen atoms in total. The zero-order chi connectivity index (χ0) is 14.7. The summed E-state index contributed by atoms with van der Waals surface area (Å²) in [4.78, 5) is 18.2. The number of hydrogen-bond acceptors (Lipinski definition) is 5. The van der Waals surface area contributed by atoms with Crippen LogP contribution in [0, 0.1) is 0 Å². The predicted octanol–water partition coefficient (Wildman–Crippen LogP) is 1.50. The highest BCUT2D eigenvalue weighted by Crippen LogP contribution is 2.38. The number of hydrogen-bond donors (Lipinski definition) is 1. The highest BCUT2D eigenvalue weighted by Gasteiger charge is 2.29. The van der Waals surface area contributed by atoms with Gasteiger partial charge in [0.05, 0.1) is 6.10 Å². The Morgan fingerprint density at radius 1 is 1.45 bits per heavy atom. The Morgan fingerprint density at radius 2 is 2.15 bits per heavy atom. The molecule has 0 bridgehead atoms. The van der Waals surface area contributed by atoms with Crippen LogP contribution >= 0.6 is 0 Å². The van der Waals surface area contributed by atoms with Gasteiger partial charge in [0.15, 0.2) is 5.82 Å². The second-order valence-corrected chi connectivity index (χ2v) is 5.81. The summed E-state index contributed by atoms with van der Waals surface area (Å²) in [5.41, 5.74) is 0. The number of carbonyl (C=O) groups is 1. The molecule has 0 spiro atoms. The van der Waals surface area contributed by atoms with E-state index in [4.69, 9.17) is 4.52 Å². The number of amides is 1. The first-order valence-electron chi connectivity index (χ1n) is 7.27. The van der Waals surface area contributed by atoms with Crippen LogP contribution in [0.15, 0.2) is 4.52 Å². The summed E-state index contributed by atoms with van der Waals surface area (Å²) in [6.45, 7) is 5.92. The molecule has 1 aliphatic rings. The van der Waals surface area contributed by atoms with E-state index in [0.29, 0.717) is 31.2 Å². The zero-order valence-corrected chi connectivity index (χ0v) is 12.4. The van der Waals surface area contributed by atoms with Gasteiger partial charge in [-0.25, -0.2) is 0 Å². The fourth-order valence-corrected chi connectivity index (χ4v) is 2.12. The third kappa shape index (κ3) is 4.03. The van der Waals surface area contributed by atoms with Crippen LogP contribution in [0.4, 0.5) is 0 Å². The summed E-state index contributed by atoms with van der Waals surface area (Å²) in [6.07, 6.45) is 2.53. The Balaban J connectivity index is 1.85. The van der Waals surface area contributed by atoms with Crippen LogP contribution in [0.3, 0.4) is 0 Å². The van der Waals surface area contributed by atoms with E-state index in [0.717, 1.165) is 18.7 Å². The first-order valence-corrected chi connectivity index (χ1v) is 7.27. The average Bonchev–Trinajstić information content (AvgIpc) is 3.12. The number of nitrogens with zero attached hydrogens (tertiary/aromatic N) is 3. The molecule has 1 N–H and O–H groups in total. The molecule has 1 amide bonds. The molecule has 0 saturated heterocycles. The summed E-state index contributed by atoms with van der Waals surface area (Å²) >= 11 is 0. The molecular weight excluding hydrogens is 258 g/mol. The maximum Gasteiger partial charge on any atom is 0.227 e. The Labute approximate surface area is 119 Å². The van der Waals surface area contributed by atoms with Crippen molar-refractivity contribution in [1.82, 2.24) is 15.0 Å². The van der Waals surface area contributed by atoms with Gasteiger partial charge in [-0.2, -0.15) is 4.98 Å². The molecule has 1 saturated carbocycles. The quantitative estimate of drug-likeness (QED) is 0.819. The van der Waals surface area contributed by atoms with Crippen molar-refractivity contribution in [3.63, 3.8) is 0 Å². The molecule has 0 radical (unpaired) electrons. The van der Waals surface area contributed by atoms with Gasteiger partial charge in [-0.05, 0) is 33.6 Å². The number of carbonyl (C=O) groups excluding carboxylic acids is 1. The van der Waals surface area contributed by atoms with Crippen molar-refractivity contribution in [2.75, 3.05) is 6.54 Å². The molecule has 1 atom stereocenters. The van der Waals surface area contributed by atoms with E-state index in [1.807, 2.05) is 13.8 Å². The van der Waals surface area contributed by atoms with E-state index in [1.165, 1.54) is 0 Å². The van der Waals surface area contributed by atoms with Gasteiger partial charge in [-0.15, -0.1) is 0 Å². The number of aryl methyl sites for hydroxylation is 1. The summed E-state index contributed by atoms with van der Waals surface area (Å²) in [5, 5.41) is 13.4.